The molecule has 0 radical (unpaired) electrons. The minimum atomic E-state index is -0.726. The van der Waals surface area contributed by atoms with E-state index in [9.17, 15) is 14.7 Å². The van der Waals surface area contributed by atoms with E-state index in [1.54, 1.807) is 23.3 Å². The third kappa shape index (κ3) is 8.56. The Labute approximate surface area is 236 Å². The van der Waals surface area contributed by atoms with Crippen LogP contribution in [0.15, 0.2) is 29.8 Å². The molecule has 1 fully saturated rings. The lowest BCUT2D eigenvalue weighted by Crippen LogP contribution is -2.48. The number of rotatable bonds is 14. The summed E-state index contributed by atoms with van der Waals surface area (Å²) in [6.07, 6.45) is 1.64. The Morgan fingerprint density at radius 2 is 1.97 bits per heavy atom. The van der Waals surface area contributed by atoms with Crippen LogP contribution in [0.1, 0.15) is 50.8 Å². The summed E-state index contributed by atoms with van der Waals surface area (Å²) in [6.45, 7) is 7.59. The molecule has 0 spiro atoms. The van der Waals surface area contributed by atoms with Crippen LogP contribution in [0, 0.1) is 24.7 Å². The van der Waals surface area contributed by atoms with Gasteiger partial charge >= 0.3 is 0 Å². The van der Waals surface area contributed by atoms with Crippen LogP contribution in [-0.2, 0) is 20.9 Å². The molecule has 3 rings (SSSR count). The summed E-state index contributed by atoms with van der Waals surface area (Å²) in [5.41, 5.74) is 17.2. The van der Waals surface area contributed by atoms with Gasteiger partial charge < -0.3 is 31.5 Å². The first-order valence-electron chi connectivity index (χ1n) is 13.8. The predicted molar refractivity (Wildman–Crippen MR) is 155 cm³/mol. The fourth-order valence-electron chi connectivity index (χ4n) is 5.35. The molecule has 9 nitrogen and oxygen atoms in total. The Bertz CT molecular complexity index is 1060. The van der Waals surface area contributed by atoms with Gasteiger partial charge in [0.25, 0.3) is 0 Å². The number of nitrogens with one attached hydrogen (secondary N) is 1. The van der Waals surface area contributed by atoms with E-state index >= 15 is 0 Å². The summed E-state index contributed by atoms with van der Waals surface area (Å²) < 4.78 is 5.21. The minimum Gasteiger partial charge on any atom is -0.391 e. The number of benzene rings is 1. The number of nitrogens with zero attached hydrogens (tertiary/aromatic N) is 2. The van der Waals surface area contributed by atoms with E-state index < -0.39 is 12.1 Å². The topological polar surface area (TPSA) is 144 Å². The Kier molecular flexibility index (Phi) is 11.9. The summed E-state index contributed by atoms with van der Waals surface area (Å²) in [5, 5.41) is 13.3. The number of carbonyl (C=O) groups excluding carboxylic acids is 2. The number of aliphatic hydroxyl groups excluding tert-OH is 1. The SMILES string of the molecule is COCCC(N)C(CC(C)CN)CC(C)C(=O)N1C[C@H](O)C[C@@H]1C(=O)NCc1ccc(-c2scnc2C)cc1. The van der Waals surface area contributed by atoms with Crippen LogP contribution in [0.4, 0.5) is 0 Å². The van der Waals surface area contributed by atoms with Crippen LogP contribution in [-0.4, -0.2) is 71.8 Å². The van der Waals surface area contributed by atoms with E-state index in [4.69, 9.17) is 16.2 Å². The van der Waals surface area contributed by atoms with Gasteiger partial charge in [0.1, 0.15) is 6.04 Å². The fourth-order valence-corrected chi connectivity index (χ4v) is 6.16. The van der Waals surface area contributed by atoms with Crippen molar-refractivity contribution in [3.8, 4) is 10.4 Å². The molecule has 216 valence electrons. The number of nitrogens with two attached hydrogens (primary N) is 2. The van der Waals surface area contributed by atoms with E-state index in [0.717, 1.165) is 28.1 Å². The zero-order chi connectivity index (χ0) is 28.5. The van der Waals surface area contributed by atoms with E-state index in [0.29, 0.717) is 32.5 Å². The lowest BCUT2D eigenvalue weighted by Gasteiger charge is -2.31. The number of β-amino-alcohol motifs (C(OH)–C–C–N with tert-alkyl or cyclic N) is 1. The lowest BCUT2D eigenvalue weighted by atomic mass is 9.82. The van der Waals surface area contributed by atoms with Crippen molar-refractivity contribution in [2.24, 2.45) is 29.2 Å². The smallest absolute Gasteiger partial charge is 0.243 e. The molecule has 2 aromatic rings. The monoisotopic (exact) mass is 559 g/mol. The highest BCUT2D eigenvalue weighted by molar-refractivity contribution is 7.13. The van der Waals surface area contributed by atoms with Gasteiger partial charge in [0.15, 0.2) is 0 Å². The number of methoxy groups -OCH3 is 1. The van der Waals surface area contributed by atoms with Gasteiger partial charge in [-0.2, -0.15) is 0 Å². The number of aliphatic hydroxyl groups is 1. The molecule has 0 saturated carbocycles. The zero-order valence-electron chi connectivity index (χ0n) is 23.6. The molecule has 1 aromatic heterocycles. The molecular formula is C29H45N5O4S. The molecule has 6 N–H and O–H groups in total. The molecule has 0 bridgehead atoms. The largest absolute Gasteiger partial charge is 0.391 e. The third-order valence-corrected chi connectivity index (χ3v) is 8.72. The molecule has 6 atom stereocenters. The Morgan fingerprint density at radius 3 is 2.59 bits per heavy atom. The van der Waals surface area contributed by atoms with Gasteiger partial charge in [-0.3, -0.25) is 9.59 Å². The quantitative estimate of drug-likeness (QED) is 0.279. The van der Waals surface area contributed by atoms with Crippen molar-refractivity contribution in [2.45, 2.75) is 71.2 Å². The van der Waals surface area contributed by atoms with Crippen molar-refractivity contribution in [1.29, 1.82) is 0 Å². The average molecular weight is 560 g/mol. The summed E-state index contributed by atoms with van der Waals surface area (Å²) in [5.74, 6) is -0.316. The standard InChI is InChI=1S/C29H45N5O4S/c1-18(14-30)11-23(25(31)9-10-38-4)12-19(2)29(37)34-16-24(35)13-26(34)28(36)32-15-21-5-7-22(8-6-21)27-20(3)33-17-39-27/h5-8,17-19,23-26,35H,9-16,30-31H2,1-4H3,(H,32,36)/t18?,19?,23?,24-,25?,26-/m1/s1. The number of hydrogen-bond donors (Lipinski definition) is 4. The first-order valence-corrected chi connectivity index (χ1v) is 14.7. The number of aryl methyl sites for hydroxylation is 1. The maximum Gasteiger partial charge on any atom is 0.243 e. The number of ether oxygens (including phenoxy) is 1. The number of hydrogen-bond acceptors (Lipinski definition) is 8. The number of thiazole rings is 1. The van der Waals surface area contributed by atoms with Crippen LogP contribution in [0.3, 0.4) is 0 Å². The van der Waals surface area contributed by atoms with E-state index in [-0.39, 0.29) is 48.6 Å². The Morgan fingerprint density at radius 1 is 1.26 bits per heavy atom. The molecular weight excluding hydrogens is 514 g/mol. The van der Waals surface area contributed by atoms with Crippen LogP contribution in [0.25, 0.3) is 10.4 Å². The van der Waals surface area contributed by atoms with Gasteiger partial charge in [0.2, 0.25) is 11.8 Å². The first-order chi connectivity index (χ1) is 18.6. The average Bonchev–Trinajstić information content (AvgIpc) is 3.54. The summed E-state index contributed by atoms with van der Waals surface area (Å²) in [7, 11) is 1.65. The molecule has 1 saturated heterocycles. The second-order valence-corrected chi connectivity index (χ2v) is 11.9. The van der Waals surface area contributed by atoms with Gasteiger partial charge in [0, 0.05) is 45.2 Å². The molecule has 0 aliphatic carbocycles. The van der Waals surface area contributed by atoms with E-state index in [1.165, 1.54) is 0 Å². The zero-order valence-corrected chi connectivity index (χ0v) is 24.5. The maximum absolute atomic E-state index is 13.5. The van der Waals surface area contributed by atoms with Gasteiger partial charge in [0.05, 0.1) is 22.2 Å². The molecule has 1 aliphatic rings. The van der Waals surface area contributed by atoms with Crippen LogP contribution < -0.4 is 16.8 Å². The lowest BCUT2D eigenvalue weighted by molar-refractivity contribution is -0.141. The second kappa shape index (κ2) is 14.9. The van der Waals surface area contributed by atoms with Gasteiger partial charge in [-0.15, -0.1) is 11.3 Å². The molecule has 2 amide bonds. The fraction of sp³-hybridized carbons (Fsp3) is 0.621. The van der Waals surface area contributed by atoms with Crippen molar-refractivity contribution < 1.29 is 19.4 Å². The van der Waals surface area contributed by atoms with Gasteiger partial charge in [-0.05, 0) is 55.7 Å². The molecule has 2 heterocycles. The van der Waals surface area contributed by atoms with E-state index in [1.807, 2.05) is 43.6 Å². The number of carbonyl (C=O) groups is 2. The summed E-state index contributed by atoms with van der Waals surface area (Å²) in [6, 6.07) is 7.22. The third-order valence-electron chi connectivity index (χ3n) is 7.74. The highest BCUT2D eigenvalue weighted by Gasteiger charge is 2.40. The van der Waals surface area contributed by atoms with Crippen molar-refractivity contribution in [3.05, 3.63) is 41.0 Å². The van der Waals surface area contributed by atoms with Crippen molar-refractivity contribution in [2.75, 3.05) is 26.8 Å². The number of amides is 2. The van der Waals surface area contributed by atoms with Crippen LogP contribution in [0.5, 0.6) is 0 Å². The molecule has 4 unspecified atom stereocenters. The number of aromatic nitrogens is 1. The molecule has 39 heavy (non-hydrogen) atoms. The predicted octanol–water partition coefficient (Wildman–Crippen LogP) is 2.69. The van der Waals surface area contributed by atoms with Gasteiger partial charge in [-0.25, -0.2) is 4.98 Å². The highest BCUT2D eigenvalue weighted by Crippen LogP contribution is 2.29. The highest BCUT2D eigenvalue weighted by atomic mass is 32.1. The Hall–Kier alpha value is -2.37. The molecule has 1 aliphatic heterocycles. The summed E-state index contributed by atoms with van der Waals surface area (Å²) in [4.78, 5) is 33.7. The molecule has 1 aromatic carbocycles. The van der Waals surface area contributed by atoms with Crippen molar-refractivity contribution >= 4 is 23.2 Å². The normalized spacial score (nSPS) is 20.4. The van der Waals surface area contributed by atoms with Crippen molar-refractivity contribution in [3.63, 3.8) is 0 Å². The van der Waals surface area contributed by atoms with Crippen LogP contribution in [0.2, 0.25) is 0 Å². The van der Waals surface area contributed by atoms with Gasteiger partial charge in [-0.1, -0.05) is 38.1 Å². The number of likely N-dealkylation sites (tertiary alicyclic amines) is 1. The first kappa shape index (κ1) is 31.2. The van der Waals surface area contributed by atoms with E-state index in [2.05, 4.69) is 17.2 Å². The maximum atomic E-state index is 13.5. The summed E-state index contributed by atoms with van der Waals surface area (Å²) >= 11 is 1.60. The Balaban J connectivity index is 1.61. The van der Waals surface area contributed by atoms with Crippen LogP contribution >= 0.6 is 11.3 Å². The second-order valence-electron chi connectivity index (χ2n) is 11.0. The molecule has 10 heteroatoms. The minimum absolute atomic E-state index is 0.106. The van der Waals surface area contributed by atoms with Crippen molar-refractivity contribution in [1.82, 2.24) is 15.2 Å².